The molecule has 0 aliphatic heterocycles. The average Bonchev–Trinajstić information content (AvgIpc) is 3.52. The Morgan fingerprint density at radius 1 is 0.211 bits per heavy atom. The molecule has 0 unspecified atom stereocenters. The zero-order valence-corrected chi connectivity index (χ0v) is 41.8. The fourth-order valence-electron chi connectivity index (χ4n) is 10.7. The lowest BCUT2D eigenvalue weighted by Crippen LogP contribution is -2.10. The molecule has 2 N–H and O–H groups in total. The Labute approximate surface area is 440 Å². The number of aliphatic hydroxyl groups excluding tert-OH is 2. The molecule has 76 heavy (non-hydrogen) atoms. The molecule has 8 heteroatoms. The maximum Gasteiger partial charge on any atom is 0.128 e. The maximum atomic E-state index is 9.73. The van der Waals surface area contributed by atoms with E-state index < -0.39 is 0 Å². The van der Waals surface area contributed by atoms with Crippen LogP contribution in [0.1, 0.15) is 0 Å². The summed E-state index contributed by atoms with van der Waals surface area (Å²) < 4.78 is 38.8. The van der Waals surface area contributed by atoms with E-state index in [4.69, 9.17) is 28.4 Å². The van der Waals surface area contributed by atoms with Gasteiger partial charge >= 0.3 is 0 Å². The second-order valence-corrected chi connectivity index (χ2v) is 18.5. The van der Waals surface area contributed by atoms with E-state index in [1.807, 2.05) is 84.9 Å². The van der Waals surface area contributed by atoms with Gasteiger partial charge < -0.3 is 38.6 Å². The van der Waals surface area contributed by atoms with E-state index in [-0.39, 0.29) is 26.4 Å². The van der Waals surface area contributed by atoms with Crippen LogP contribution in [0, 0.1) is 0 Å². The number of ether oxygens (including phenoxy) is 6. The third-order valence-electron chi connectivity index (χ3n) is 14.0. The maximum absolute atomic E-state index is 9.73. The zero-order chi connectivity index (χ0) is 51.2. The van der Waals surface area contributed by atoms with Gasteiger partial charge in [0.2, 0.25) is 0 Å². The van der Waals surface area contributed by atoms with Crippen molar-refractivity contribution in [1.29, 1.82) is 0 Å². The smallest absolute Gasteiger partial charge is 0.128 e. The van der Waals surface area contributed by atoms with Crippen molar-refractivity contribution in [3.8, 4) is 67.9 Å². The molecule has 0 heterocycles. The van der Waals surface area contributed by atoms with E-state index >= 15 is 0 Å². The first-order valence-corrected chi connectivity index (χ1v) is 25.8. The summed E-state index contributed by atoms with van der Waals surface area (Å²) in [6.45, 7) is 1.37. The molecule has 0 aliphatic rings. The predicted molar refractivity (Wildman–Crippen MR) is 308 cm³/mol. The fourth-order valence-corrected chi connectivity index (χ4v) is 10.7. The van der Waals surface area contributed by atoms with E-state index in [1.54, 1.807) is 0 Å². The number of fused-ring (bicyclic) bond motifs is 6. The fraction of sp³-hybridized carbons (Fsp3) is 0.118. The third kappa shape index (κ3) is 9.30. The minimum Gasteiger partial charge on any atom is -0.491 e. The molecule has 0 amide bonds. The van der Waals surface area contributed by atoms with Gasteiger partial charge in [0, 0.05) is 33.0 Å². The molecule has 0 fully saturated rings. The molecule has 0 aromatic heterocycles. The Bertz CT molecular complexity index is 3810. The lowest BCUT2D eigenvalue weighted by Gasteiger charge is -2.20. The Morgan fingerprint density at radius 3 is 0.750 bits per heavy atom. The van der Waals surface area contributed by atoms with Crippen LogP contribution in [0.5, 0.6) is 34.5 Å². The zero-order valence-electron chi connectivity index (χ0n) is 41.8. The summed E-state index contributed by atoms with van der Waals surface area (Å²) >= 11 is 0. The summed E-state index contributed by atoms with van der Waals surface area (Å²) in [5.41, 5.74) is 5.88. The minimum absolute atomic E-state index is 0.0941. The van der Waals surface area contributed by atoms with Crippen molar-refractivity contribution in [1.82, 2.24) is 0 Å². The molecule has 0 atom stereocenters. The minimum atomic E-state index is -0.0941. The lowest BCUT2D eigenvalue weighted by molar-refractivity contribution is 0.202. The first-order valence-electron chi connectivity index (χ1n) is 25.8. The monoisotopic (exact) mass is 998 g/mol. The second kappa shape index (κ2) is 21.8. The van der Waals surface area contributed by atoms with E-state index in [1.165, 1.54) is 0 Å². The molecule has 0 bridgehead atoms. The van der Waals surface area contributed by atoms with Crippen LogP contribution < -0.4 is 28.4 Å². The Balaban J connectivity index is 0.786. The van der Waals surface area contributed by atoms with Crippen molar-refractivity contribution in [2.75, 3.05) is 52.9 Å². The molecule has 374 valence electrons. The molecule has 0 saturated heterocycles. The molecule has 0 radical (unpaired) electrons. The van der Waals surface area contributed by atoms with Gasteiger partial charge in [-0.25, -0.2) is 0 Å². The van der Waals surface area contributed by atoms with Gasteiger partial charge in [-0.15, -0.1) is 0 Å². The van der Waals surface area contributed by atoms with Crippen molar-refractivity contribution in [2.45, 2.75) is 0 Å². The topological polar surface area (TPSA) is 95.8 Å². The van der Waals surface area contributed by atoms with Crippen molar-refractivity contribution in [2.24, 2.45) is 0 Å². The van der Waals surface area contributed by atoms with Gasteiger partial charge in [0.1, 0.15) is 74.1 Å². The molecule has 8 nitrogen and oxygen atoms in total. The Kier molecular flexibility index (Phi) is 13.7. The summed E-state index contributed by atoms with van der Waals surface area (Å²) in [4.78, 5) is 0. The largest absolute Gasteiger partial charge is 0.491 e. The number of aliphatic hydroxyl groups is 2. The van der Waals surface area contributed by atoms with Crippen molar-refractivity contribution < 1.29 is 38.6 Å². The van der Waals surface area contributed by atoms with Gasteiger partial charge in [-0.2, -0.15) is 0 Å². The average molecular weight is 999 g/mol. The van der Waals surface area contributed by atoms with E-state index in [0.717, 1.165) is 121 Å². The molecular formula is C68H54O8. The quantitative estimate of drug-likeness (QED) is 0.0774. The standard InChI is InChI=1S/C68H54O8/c69-37-39-71-61-31-25-45-13-1-5-17-49(45)65(61)67-51-19-7-3-15-47(51)27-33-63(67)75-43-41-73-59-35-29-55(53-21-9-11-23-57(53)59)56-30-36-60(58-24-12-10-22-54(56)58)74-42-44-76-64-34-28-48-16-4-8-20-52(48)68(64)66-50-18-6-2-14-46(50)26-32-62(66)72-40-38-70/h1-36,69-70H,37-44H2. The summed E-state index contributed by atoms with van der Waals surface area (Å²) in [6, 6.07) is 74.5. The van der Waals surface area contributed by atoms with Gasteiger partial charge in [-0.3, -0.25) is 0 Å². The molecule has 12 aromatic carbocycles. The molecular weight excluding hydrogens is 945 g/mol. The number of rotatable bonds is 19. The first kappa shape index (κ1) is 47.9. The van der Waals surface area contributed by atoms with Crippen LogP contribution >= 0.6 is 0 Å². The molecule has 12 aromatic rings. The van der Waals surface area contributed by atoms with E-state index in [2.05, 4.69) is 133 Å². The third-order valence-corrected chi connectivity index (χ3v) is 14.0. The highest BCUT2D eigenvalue weighted by Crippen LogP contribution is 2.48. The van der Waals surface area contributed by atoms with Crippen LogP contribution in [0.15, 0.2) is 218 Å². The highest BCUT2D eigenvalue weighted by Gasteiger charge is 2.22. The van der Waals surface area contributed by atoms with Crippen molar-refractivity contribution in [3.05, 3.63) is 218 Å². The van der Waals surface area contributed by atoms with Crippen LogP contribution in [0.2, 0.25) is 0 Å². The second-order valence-electron chi connectivity index (χ2n) is 18.5. The first-order chi connectivity index (χ1) is 37.7. The summed E-state index contributed by atoms with van der Waals surface area (Å²) in [5.74, 6) is 4.34. The van der Waals surface area contributed by atoms with Crippen molar-refractivity contribution in [3.63, 3.8) is 0 Å². The highest BCUT2D eigenvalue weighted by atomic mass is 16.5. The van der Waals surface area contributed by atoms with Gasteiger partial charge in [-0.05, 0) is 101 Å². The number of hydrogen-bond acceptors (Lipinski definition) is 8. The Morgan fingerprint density at radius 2 is 0.447 bits per heavy atom. The number of benzene rings is 12. The number of hydrogen-bond donors (Lipinski definition) is 2. The van der Waals surface area contributed by atoms with Crippen LogP contribution in [-0.2, 0) is 0 Å². The summed E-state index contributed by atoms with van der Waals surface area (Å²) in [7, 11) is 0. The summed E-state index contributed by atoms with van der Waals surface area (Å²) in [6.07, 6.45) is 0. The molecule has 0 spiro atoms. The normalized spacial score (nSPS) is 11.4. The highest BCUT2D eigenvalue weighted by molar-refractivity contribution is 6.12. The van der Waals surface area contributed by atoms with Gasteiger partial charge in [0.15, 0.2) is 0 Å². The van der Waals surface area contributed by atoms with Gasteiger partial charge in [0.05, 0.1) is 13.2 Å². The predicted octanol–water partition coefficient (Wildman–Crippen LogP) is 15.3. The van der Waals surface area contributed by atoms with Gasteiger partial charge in [-0.1, -0.05) is 182 Å². The van der Waals surface area contributed by atoms with Crippen molar-refractivity contribution >= 4 is 64.6 Å². The SMILES string of the molecule is OCCOc1ccc2ccccc2c1-c1c(OCCOc2ccc(-c3ccc(OCCOc4ccc5ccccc5c4-c4c(OCCO)ccc5ccccc45)c4ccccc34)c3ccccc23)ccc2ccccc12. The van der Waals surface area contributed by atoms with E-state index in [9.17, 15) is 10.2 Å². The van der Waals surface area contributed by atoms with Crippen LogP contribution in [0.25, 0.3) is 98.0 Å². The molecule has 12 rings (SSSR count). The van der Waals surface area contributed by atoms with Crippen LogP contribution in [-0.4, -0.2) is 63.1 Å². The summed E-state index contributed by atoms with van der Waals surface area (Å²) in [5, 5.41) is 32.1. The molecule has 0 saturated carbocycles. The van der Waals surface area contributed by atoms with E-state index in [0.29, 0.717) is 37.9 Å². The van der Waals surface area contributed by atoms with Gasteiger partial charge in [0.25, 0.3) is 0 Å². The molecule has 0 aliphatic carbocycles. The van der Waals surface area contributed by atoms with Crippen LogP contribution in [0.4, 0.5) is 0 Å². The Hall–Kier alpha value is -9.08. The van der Waals surface area contributed by atoms with Crippen LogP contribution in [0.3, 0.4) is 0 Å². The lowest BCUT2D eigenvalue weighted by atomic mass is 9.92.